The van der Waals surface area contributed by atoms with Crippen molar-refractivity contribution in [3.05, 3.63) is 42.0 Å². The summed E-state index contributed by atoms with van der Waals surface area (Å²) in [7, 11) is 3.88. The quantitative estimate of drug-likeness (QED) is 0.789. The summed E-state index contributed by atoms with van der Waals surface area (Å²) in [6.45, 7) is 2.05. The topological polar surface area (TPSA) is 67.0 Å². The third-order valence-corrected chi connectivity index (χ3v) is 2.92. The summed E-state index contributed by atoms with van der Waals surface area (Å²) >= 11 is 0. The average molecular weight is 271 g/mol. The van der Waals surface area contributed by atoms with Gasteiger partial charge in [0.25, 0.3) is 0 Å². The summed E-state index contributed by atoms with van der Waals surface area (Å²) < 4.78 is 7.39. The number of hydrogen-bond acceptors (Lipinski definition) is 5. The number of nitriles is 1. The zero-order valence-electron chi connectivity index (χ0n) is 11.7. The number of nitrogens with zero attached hydrogens (tertiary/aromatic N) is 5. The SMILES string of the molecule is CN(CCOc1cccc(C#N)c1)Cc1ncnn1C. The van der Waals surface area contributed by atoms with Gasteiger partial charge in [0.05, 0.1) is 18.2 Å². The second kappa shape index (κ2) is 6.68. The Balaban J connectivity index is 1.78. The third-order valence-electron chi connectivity index (χ3n) is 2.92. The van der Waals surface area contributed by atoms with Gasteiger partial charge in [-0.3, -0.25) is 9.58 Å². The minimum Gasteiger partial charge on any atom is -0.492 e. The molecule has 0 radical (unpaired) electrons. The first-order chi connectivity index (χ1) is 9.69. The lowest BCUT2D eigenvalue weighted by molar-refractivity contribution is 0.228. The number of aromatic nitrogens is 3. The fourth-order valence-electron chi connectivity index (χ4n) is 1.76. The largest absolute Gasteiger partial charge is 0.492 e. The maximum Gasteiger partial charge on any atom is 0.140 e. The summed E-state index contributed by atoms with van der Waals surface area (Å²) in [5.41, 5.74) is 0.606. The fraction of sp³-hybridized carbons (Fsp3) is 0.357. The second-order valence-corrected chi connectivity index (χ2v) is 4.53. The van der Waals surface area contributed by atoms with E-state index in [0.29, 0.717) is 12.2 Å². The first kappa shape index (κ1) is 14.0. The molecule has 0 saturated heterocycles. The van der Waals surface area contributed by atoms with E-state index >= 15 is 0 Å². The van der Waals surface area contributed by atoms with E-state index in [1.54, 1.807) is 23.1 Å². The van der Waals surface area contributed by atoms with Crippen molar-refractivity contribution in [2.75, 3.05) is 20.2 Å². The molecule has 1 aromatic carbocycles. The Morgan fingerprint density at radius 3 is 3.00 bits per heavy atom. The number of hydrogen-bond donors (Lipinski definition) is 0. The highest BCUT2D eigenvalue weighted by molar-refractivity contribution is 5.36. The molecule has 2 aromatic rings. The van der Waals surface area contributed by atoms with Crippen LogP contribution in [0.1, 0.15) is 11.4 Å². The zero-order valence-corrected chi connectivity index (χ0v) is 11.7. The van der Waals surface area contributed by atoms with Gasteiger partial charge in [0.1, 0.15) is 24.5 Å². The number of ether oxygens (including phenoxy) is 1. The molecule has 6 heteroatoms. The number of benzene rings is 1. The van der Waals surface area contributed by atoms with Crippen LogP contribution in [0, 0.1) is 11.3 Å². The molecule has 1 aromatic heterocycles. The molecule has 0 aliphatic heterocycles. The number of rotatable bonds is 6. The van der Waals surface area contributed by atoms with E-state index in [2.05, 4.69) is 21.1 Å². The fourth-order valence-corrected chi connectivity index (χ4v) is 1.76. The van der Waals surface area contributed by atoms with Crippen LogP contribution in [0.3, 0.4) is 0 Å². The summed E-state index contributed by atoms with van der Waals surface area (Å²) in [6.07, 6.45) is 1.55. The molecule has 0 bridgehead atoms. The van der Waals surface area contributed by atoms with Gasteiger partial charge in [-0.25, -0.2) is 4.98 Å². The van der Waals surface area contributed by atoms with Gasteiger partial charge < -0.3 is 4.74 Å². The van der Waals surface area contributed by atoms with Gasteiger partial charge in [-0.05, 0) is 25.2 Å². The summed E-state index contributed by atoms with van der Waals surface area (Å²) in [4.78, 5) is 6.29. The monoisotopic (exact) mass is 271 g/mol. The van der Waals surface area contributed by atoms with E-state index in [1.165, 1.54) is 0 Å². The van der Waals surface area contributed by atoms with Gasteiger partial charge in [-0.1, -0.05) is 6.07 Å². The molecular formula is C14H17N5O. The maximum atomic E-state index is 8.82. The molecule has 20 heavy (non-hydrogen) atoms. The predicted octanol–water partition coefficient (Wildman–Crippen LogP) is 1.20. The molecule has 0 N–H and O–H groups in total. The average Bonchev–Trinajstić information content (AvgIpc) is 2.84. The highest BCUT2D eigenvalue weighted by Crippen LogP contribution is 2.12. The lowest BCUT2D eigenvalue weighted by Crippen LogP contribution is -2.25. The van der Waals surface area contributed by atoms with Crippen molar-refractivity contribution >= 4 is 0 Å². The van der Waals surface area contributed by atoms with Gasteiger partial charge in [-0.2, -0.15) is 10.4 Å². The molecule has 1 heterocycles. The summed E-state index contributed by atoms with van der Waals surface area (Å²) in [6, 6.07) is 9.26. The zero-order chi connectivity index (χ0) is 14.4. The van der Waals surface area contributed by atoms with Crippen LogP contribution in [0.25, 0.3) is 0 Å². The van der Waals surface area contributed by atoms with Crippen molar-refractivity contribution in [3.8, 4) is 11.8 Å². The molecule has 2 rings (SSSR count). The molecule has 0 amide bonds. The van der Waals surface area contributed by atoms with Crippen molar-refractivity contribution in [1.29, 1.82) is 5.26 Å². The van der Waals surface area contributed by atoms with Crippen LogP contribution in [0.5, 0.6) is 5.75 Å². The summed E-state index contributed by atoms with van der Waals surface area (Å²) in [5, 5.41) is 12.9. The first-order valence-electron chi connectivity index (χ1n) is 6.33. The molecule has 0 aliphatic rings. The standard InChI is InChI=1S/C14H17N5O/c1-18(10-14-16-11-17-19(14)2)6-7-20-13-5-3-4-12(8-13)9-15/h3-5,8,11H,6-7,10H2,1-2H3. The van der Waals surface area contributed by atoms with Gasteiger partial charge in [-0.15, -0.1) is 0 Å². The third kappa shape index (κ3) is 3.80. The van der Waals surface area contributed by atoms with Crippen LogP contribution in [0.4, 0.5) is 0 Å². The van der Waals surface area contributed by atoms with Crippen LogP contribution < -0.4 is 4.74 Å². The Morgan fingerprint density at radius 1 is 1.45 bits per heavy atom. The van der Waals surface area contributed by atoms with Gasteiger partial charge in [0, 0.05) is 13.6 Å². The highest BCUT2D eigenvalue weighted by atomic mass is 16.5. The maximum absolute atomic E-state index is 8.82. The van der Waals surface area contributed by atoms with E-state index < -0.39 is 0 Å². The Morgan fingerprint density at radius 2 is 2.30 bits per heavy atom. The lowest BCUT2D eigenvalue weighted by atomic mass is 10.2. The molecule has 6 nitrogen and oxygen atoms in total. The first-order valence-corrected chi connectivity index (χ1v) is 6.33. The van der Waals surface area contributed by atoms with Crippen molar-refractivity contribution in [1.82, 2.24) is 19.7 Å². The van der Waals surface area contributed by atoms with Gasteiger partial charge >= 0.3 is 0 Å². The minimum absolute atomic E-state index is 0.559. The van der Waals surface area contributed by atoms with E-state index in [1.807, 2.05) is 26.2 Å². The molecular weight excluding hydrogens is 254 g/mol. The van der Waals surface area contributed by atoms with E-state index in [-0.39, 0.29) is 0 Å². The Labute approximate surface area is 118 Å². The number of aryl methyl sites for hydroxylation is 1. The van der Waals surface area contributed by atoms with Crippen molar-refractivity contribution < 1.29 is 4.74 Å². The van der Waals surface area contributed by atoms with Crippen LogP contribution in [0.2, 0.25) is 0 Å². The van der Waals surface area contributed by atoms with E-state index in [0.717, 1.165) is 24.7 Å². The molecule has 104 valence electrons. The van der Waals surface area contributed by atoms with Crippen LogP contribution in [-0.2, 0) is 13.6 Å². The smallest absolute Gasteiger partial charge is 0.140 e. The molecule has 0 saturated carbocycles. The van der Waals surface area contributed by atoms with Gasteiger partial charge in [0.15, 0.2) is 0 Å². The van der Waals surface area contributed by atoms with Gasteiger partial charge in [0.2, 0.25) is 0 Å². The molecule has 0 spiro atoms. The Bertz CT molecular complexity index is 602. The Kier molecular flexibility index (Phi) is 4.69. The molecule has 0 atom stereocenters. The van der Waals surface area contributed by atoms with Crippen molar-refractivity contribution in [2.45, 2.75) is 6.54 Å². The normalized spacial score (nSPS) is 10.5. The second-order valence-electron chi connectivity index (χ2n) is 4.53. The van der Waals surface area contributed by atoms with Crippen LogP contribution >= 0.6 is 0 Å². The highest BCUT2D eigenvalue weighted by Gasteiger charge is 2.05. The van der Waals surface area contributed by atoms with E-state index in [9.17, 15) is 0 Å². The Hall–Kier alpha value is -2.39. The summed E-state index contributed by atoms with van der Waals surface area (Å²) in [5.74, 6) is 1.63. The lowest BCUT2D eigenvalue weighted by Gasteiger charge is -2.16. The van der Waals surface area contributed by atoms with Crippen molar-refractivity contribution in [2.24, 2.45) is 7.05 Å². The van der Waals surface area contributed by atoms with Crippen LogP contribution in [-0.4, -0.2) is 39.9 Å². The minimum atomic E-state index is 0.559. The molecule has 0 aliphatic carbocycles. The molecule has 0 fully saturated rings. The molecule has 0 unspecified atom stereocenters. The van der Waals surface area contributed by atoms with Crippen molar-refractivity contribution in [3.63, 3.8) is 0 Å². The number of likely N-dealkylation sites (N-methyl/N-ethyl adjacent to an activating group) is 1. The van der Waals surface area contributed by atoms with Crippen LogP contribution in [0.15, 0.2) is 30.6 Å². The predicted molar refractivity (Wildman–Crippen MR) is 74.0 cm³/mol. The van der Waals surface area contributed by atoms with E-state index in [4.69, 9.17) is 10.00 Å².